The quantitative estimate of drug-likeness (QED) is 0.0444. The average Bonchev–Trinajstić information content (AvgIpc) is 3.12. The van der Waals surface area contributed by atoms with E-state index in [0.717, 1.165) is 51.4 Å². The van der Waals surface area contributed by atoms with Gasteiger partial charge in [0.2, 0.25) is 5.91 Å². The van der Waals surface area contributed by atoms with E-state index >= 15 is 0 Å². The van der Waals surface area contributed by atoms with Gasteiger partial charge in [-0.25, -0.2) is 0 Å². The number of nitrogens with one attached hydrogen (secondary N) is 1. The molecule has 0 aromatic rings. The third-order valence-electron chi connectivity index (χ3n) is 9.46. The molecule has 0 aliphatic heterocycles. The summed E-state index contributed by atoms with van der Waals surface area (Å²) >= 11 is 0. The first kappa shape index (κ1) is 48.1. The topological polar surface area (TPSA) is 69.6 Å². The Labute approximate surface area is 311 Å². The largest absolute Gasteiger partial charge is 0.394 e. The lowest BCUT2D eigenvalue weighted by Gasteiger charge is -2.19. The van der Waals surface area contributed by atoms with Crippen LogP contribution in [0.3, 0.4) is 0 Å². The minimum Gasteiger partial charge on any atom is -0.394 e. The van der Waals surface area contributed by atoms with Crippen LogP contribution in [0, 0.1) is 0 Å². The molecular formula is C46H83NO3. The minimum atomic E-state index is -0.870. The molecule has 50 heavy (non-hydrogen) atoms. The van der Waals surface area contributed by atoms with Crippen LogP contribution in [0.2, 0.25) is 0 Å². The van der Waals surface area contributed by atoms with Crippen molar-refractivity contribution < 1.29 is 15.0 Å². The van der Waals surface area contributed by atoms with Gasteiger partial charge in [0, 0.05) is 6.42 Å². The highest BCUT2D eigenvalue weighted by Crippen LogP contribution is 2.14. The van der Waals surface area contributed by atoms with Gasteiger partial charge < -0.3 is 15.5 Å². The third kappa shape index (κ3) is 37.3. The van der Waals surface area contributed by atoms with Gasteiger partial charge in [-0.3, -0.25) is 4.79 Å². The summed E-state index contributed by atoms with van der Waals surface area (Å²) in [4.78, 5) is 12.4. The highest BCUT2D eigenvalue weighted by molar-refractivity contribution is 5.76. The SMILES string of the molecule is CC/C=C\C/C=C\CCCCCCCCCCCCCCCCC(=O)NC(CO)C(O)/C=C/CC/C=C/CC/C=C/CCCCCCCCC. The van der Waals surface area contributed by atoms with Crippen LogP contribution in [0.25, 0.3) is 0 Å². The lowest BCUT2D eigenvalue weighted by molar-refractivity contribution is -0.123. The number of unbranched alkanes of at least 4 members (excludes halogenated alkanes) is 23. The highest BCUT2D eigenvalue weighted by Gasteiger charge is 2.17. The lowest BCUT2D eigenvalue weighted by Crippen LogP contribution is -2.45. The molecule has 0 spiro atoms. The van der Waals surface area contributed by atoms with Crippen molar-refractivity contribution in [3.05, 3.63) is 60.8 Å². The standard InChI is InChI=1S/C46H83NO3/c1-3-5-7-9-11-13-15-17-19-21-22-23-24-26-28-30-32-34-36-38-40-42-46(50)47-44(43-48)45(49)41-39-37-35-33-31-29-27-25-20-18-16-14-12-10-8-6-4-2/h5,7,11,13,20,25,31,33,39,41,44-45,48-49H,3-4,6,8-10,12,14-19,21-24,26-30,32,34-38,40,42-43H2,1-2H3,(H,47,50)/b7-5-,13-11-,25-20+,33-31+,41-39+. The molecule has 290 valence electrons. The van der Waals surface area contributed by atoms with E-state index < -0.39 is 12.1 Å². The molecule has 0 fully saturated rings. The number of allylic oxidation sites excluding steroid dienone is 9. The number of rotatable bonds is 38. The van der Waals surface area contributed by atoms with Crippen LogP contribution in [0.1, 0.15) is 206 Å². The molecule has 3 N–H and O–H groups in total. The maximum absolute atomic E-state index is 12.4. The molecule has 0 radical (unpaired) electrons. The monoisotopic (exact) mass is 698 g/mol. The van der Waals surface area contributed by atoms with Crippen molar-refractivity contribution in [1.82, 2.24) is 5.32 Å². The van der Waals surface area contributed by atoms with Crippen LogP contribution >= 0.6 is 0 Å². The van der Waals surface area contributed by atoms with Gasteiger partial charge in [-0.2, -0.15) is 0 Å². The van der Waals surface area contributed by atoms with E-state index in [-0.39, 0.29) is 12.5 Å². The van der Waals surface area contributed by atoms with Gasteiger partial charge in [0.05, 0.1) is 18.8 Å². The van der Waals surface area contributed by atoms with Gasteiger partial charge >= 0.3 is 0 Å². The fourth-order valence-corrected chi connectivity index (χ4v) is 6.19. The van der Waals surface area contributed by atoms with E-state index in [1.807, 2.05) is 6.08 Å². The first-order valence-electron chi connectivity index (χ1n) is 21.5. The summed E-state index contributed by atoms with van der Waals surface area (Å²) in [6, 6.07) is -0.646. The molecule has 0 aliphatic carbocycles. The Hall–Kier alpha value is -1.91. The summed E-state index contributed by atoms with van der Waals surface area (Å²) in [5.74, 6) is -0.0804. The summed E-state index contributed by atoms with van der Waals surface area (Å²) in [6.45, 7) is 4.18. The zero-order chi connectivity index (χ0) is 36.4. The summed E-state index contributed by atoms with van der Waals surface area (Å²) in [5.41, 5.74) is 0. The Morgan fingerprint density at radius 1 is 0.500 bits per heavy atom. The second kappa shape index (κ2) is 41.5. The molecule has 0 bridgehead atoms. The Kier molecular flexibility index (Phi) is 39.9. The second-order valence-corrected chi connectivity index (χ2v) is 14.4. The molecule has 0 aromatic carbocycles. The fourth-order valence-electron chi connectivity index (χ4n) is 6.19. The molecule has 4 heteroatoms. The highest BCUT2D eigenvalue weighted by atomic mass is 16.3. The van der Waals surface area contributed by atoms with Crippen LogP contribution in [0.15, 0.2) is 60.8 Å². The Morgan fingerprint density at radius 2 is 0.900 bits per heavy atom. The first-order chi connectivity index (χ1) is 24.7. The van der Waals surface area contributed by atoms with Crippen molar-refractivity contribution in [1.29, 1.82) is 0 Å². The van der Waals surface area contributed by atoms with E-state index in [2.05, 4.69) is 67.8 Å². The van der Waals surface area contributed by atoms with Crippen LogP contribution in [-0.4, -0.2) is 34.9 Å². The Morgan fingerprint density at radius 3 is 1.38 bits per heavy atom. The van der Waals surface area contributed by atoms with Gasteiger partial charge in [0.25, 0.3) is 0 Å². The van der Waals surface area contributed by atoms with Gasteiger partial charge in [0.15, 0.2) is 0 Å². The van der Waals surface area contributed by atoms with E-state index in [9.17, 15) is 15.0 Å². The van der Waals surface area contributed by atoms with Crippen LogP contribution in [-0.2, 0) is 4.79 Å². The first-order valence-corrected chi connectivity index (χ1v) is 21.5. The van der Waals surface area contributed by atoms with E-state index in [1.54, 1.807) is 6.08 Å². The van der Waals surface area contributed by atoms with Crippen LogP contribution in [0.4, 0.5) is 0 Å². The number of aliphatic hydroxyl groups excluding tert-OH is 2. The van der Waals surface area contributed by atoms with E-state index in [4.69, 9.17) is 0 Å². The number of hydrogen-bond acceptors (Lipinski definition) is 3. The fraction of sp³-hybridized carbons (Fsp3) is 0.761. The molecule has 0 saturated carbocycles. The molecule has 0 saturated heterocycles. The number of aliphatic hydroxyl groups is 2. The Balaban J connectivity index is 3.63. The Bertz CT molecular complexity index is 842. The number of carbonyl (C=O) groups excluding carboxylic acids is 1. The molecule has 2 atom stereocenters. The summed E-state index contributed by atoms with van der Waals surface area (Å²) in [6.07, 6.45) is 57.5. The average molecular weight is 698 g/mol. The van der Waals surface area contributed by atoms with Gasteiger partial charge in [0.1, 0.15) is 0 Å². The zero-order valence-corrected chi connectivity index (χ0v) is 33.2. The minimum absolute atomic E-state index is 0.0804. The third-order valence-corrected chi connectivity index (χ3v) is 9.46. The summed E-state index contributed by atoms with van der Waals surface area (Å²) in [7, 11) is 0. The number of hydrogen-bond donors (Lipinski definition) is 3. The summed E-state index contributed by atoms with van der Waals surface area (Å²) < 4.78 is 0. The molecule has 0 aliphatic rings. The molecule has 0 aromatic heterocycles. The van der Waals surface area contributed by atoms with Gasteiger partial charge in [-0.15, -0.1) is 0 Å². The van der Waals surface area contributed by atoms with Crippen molar-refractivity contribution in [3.8, 4) is 0 Å². The van der Waals surface area contributed by atoms with Gasteiger partial charge in [-0.05, 0) is 70.6 Å². The van der Waals surface area contributed by atoms with Crippen molar-refractivity contribution >= 4 is 5.91 Å². The van der Waals surface area contributed by atoms with Crippen molar-refractivity contribution in [2.45, 2.75) is 219 Å². The normalized spacial score (nSPS) is 13.6. The number of amides is 1. The summed E-state index contributed by atoms with van der Waals surface area (Å²) in [5, 5.41) is 23.0. The molecule has 1 amide bonds. The van der Waals surface area contributed by atoms with E-state index in [0.29, 0.717) is 6.42 Å². The molecule has 2 unspecified atom stereocenters. The smallest absolute Gasteiger partial charge is 0.220 e. The molecular weight excluding hydrogens is 615 g/mol. The maximum atomic E-state index is 12.4. The van der Waals surface area contributed by atoms with Crippen molar-refractivity contribution in [2.75, 3.05) is 6.61 Å². The predicted molar refractivity (Wildman–Crippen MR) is 221 cm³/mol. The van der Waals surface area contributed by atoms with Crippen LogP contribution < -0.4 is 5.32 Å². The van der Waals surface area contributed by atoms with Crippen molar-refractivity contribution in [2.24, 2.45) is 0 Å². The van der Waals surface area contributed by atoms with Gasteiger partial charge in [-0.1, -0.05) is 190 Å². The van der Waals surface area contributed by atoms with Crippen molar-refractivity contribution in [3.63, 3.8) is 0 Å². The maximum Gasteiger partial charge on any atom is 0.220 e. The zero-order valence-electron chi connectivity index (χ0n) is 33.2. The second-order valence-electron chi connectivity index (χ2n) is 14.4. The predicted octanol–water partition coefficient (Wildman–Crippen LogP) is 13.3. The van der Waals surface area contributed by atoms with Crippen LogP contribution in [0.5, 0.6) is 0 Å². The molecule has 0 heterocycles. The molecule has 0 rings (SSSR count). The lowest BCUT2D eigenvalue weighted by atomic mass is 10.0. The number of carbonyl (C=O) groups is 1. The molecule has 4 nitrogen and oxygen atoms in total. The van der Waals surface area contributed by atoms with E-state index in [1.165, 1.54) is 135 Å².